The molecular formula is C17H24N2O2. The van der Waals surface area contributed by atoms with E-state index < -0.39 is 11.0 Å². The van der Waals surface area contributed by atoms with Crippen LogP contribution in [0.4, 0.5) is 0 Å². The monoisotopic (exact) mass is 288 g/mol. The molecule has 0 unspecified atom stereocenters. The molecule has 114 valence electrons. The van der Waals surface area contributed by atoms with Crippen molar-refractivity contribution in [2.75, 3.05) is 0 Å². The number of nitriles is 1. The number of rotatable bonds is 1. The zero-order valence-electron chi connectivity index (χ0n) is 12.9. The maximum Gasteiger partial charge on any atom is 0.237 e. The zero-order valence-corrected chi connectivity index (χ0v) is 12.9. The van der Waals surface area contributed by atoms with Gasteiger partial charge >= 0.3 is 0 Å². The van der Waals surface area contributed by atoms with Gasteiger partial charge in [0, 0.05) is 6.42 Å². The second kappa shape index (κ2) is 5.12. The maximum atomic E-state index is 13.0. The highest BCUT2D eigenvalue weighted by atomic mass is 16.2. The highest BCUT2D eigenvalue weighted by molar-refractivity contribution is 6.07. The predicted octanol–water partition coefficient (Wildman–Crippen LogP) is 3.17. The lowest BCUT2D eigenvalue weighted by Gasteiger charge is -2.41. The maximum absolute atomic E-state index is 13.0. The lowest BCUT2D eigenvalue weighted by Crippen LogP contribution is -2.54. The fourth-order valence-electron chi connectivity index (χ4n) is 4.47. The lowest BCUT2D eigenvalue weighted by molar-refractivity contribution is -0.148. The Bertz CT molecular complexity index is 491. The first kappa shape index (κ1) is 14.6. The van der Waals surface area contributed by atoms with E-state index in [4.69, 9.17) is 0 Å². The van der Waals surface area contributed by atoms with E-state index in [9.17, 15) is 14.9 Å². The summed E-state index contributed by atoms with van der Waals surface area (Å²) in [7, 11) is 0. The molecule has 1 spiro atoms. The van der Waals surface area contributed by atoms with Crippen LogP contribution in [-0.4, -0.2) is 22.3 Å². The molecule has 0 bridgehead atoms. The van der Waals surface area contributed by atoms with Crippen molar-refractivity contribution in [3.63, 3.8) is 0 Å². The Kier molecular flexibility index (Phi) is 3.55. The molecule has 0 aromatic rings. The van der Waals surface area contributed by atoms with E-state index in [0.29, 0.717) is 25.2 Å². The van der Waals surface area contributed by atoms with Gasteiger partial charge in [-0.25, -0.2) is 0 Å². The van der Waals surface area contributed by atoms with Crippen LogP contribution in [0.25, 0.3) is 0 Å². The molecule has 3 aliphatic rings. The summed E-state index contributed by atoms with van der Waals surface area (Å²) >= 11 is 0. The molecule has 0 atom stereocenters. The van der Waals surface area contributed by atoms with Gasteiger partial charge in [-0.1, -0.05) is 26.2 Å². The number of hydrogen-bond acceptors (Lipinski definition) is 3. The summed E-state index contributed by atoms with van der Waals surface area (Å²) in [6, 6.07) is 2.35. The van der Waals surface area contributed by atoms with Gasteiger partial charge in [0.05, 0.1) is 11.5 Å². The van der Waals surface area contributed by atoms with E-state index in [1.165, 1.54) is 4.90 Å². The molecule has 3 fully saturated rings. The summed E-state index contributed by atoms with van der Waals surface area (Å²) < 4.78 is 0. The van der Waals surface area contributed by atoms with Crippen molar-refractivity contribution in [2.45, 2.75) is 76.7 Å². The number of hydrogen-bond donors (Lipinski definition) is 0. The van der Waals surface area contributed by atoms with Crippen LogP contribution in [-0.2, 0) is 9.59 Å². The molecule has 1 heterocycles. The fourth-order valence-corrected chi connectivity index (χ4v) is 4.47. The Hall–Kier alpha value is -1.37. The van der Waals surface area contributed by atoms with Crippen molar-refractivity contribution in [1.29, 1.82) is 5.26 Å². The van der Waals surface area contributed by atoms with Crippen molar-refractivity contribution in [2.24, 2.45) is 11.3 Å². The Labute approximate surface area is 126 Å². The van der Waals surface area contributed by atoms with Gasteiger partial charge in [-0.05, 0) is 44.4 Å². The Morgan fingerprint density at radius 3 is 2.29 bits per heavy atom. The van der Waals surface area contributed by atoms with Crippen LogP contribution in [0.5, 0.6) is 0 Å². The van der Waals surface area contributed by atoms with Gasteiger partial charge < -0.3 is 0 Å². The third kappa shape index (κ3) is 2.18. The first-order valence-electron chi connectivity index (χ1n) is 8.32. The molecule has 0 aromatic heterocycles. The Morgan fingerprint density at radius 2 is 1.71 bits per heavy atom. The minimum absolute atomic E-state index is 0.0386. The predicted molar refractivity (Wildman–Crippen MR) is 78.0 cm³/mol. The van der Waals surface area contributed by atoms with Crippen LogP contribution >= 0.6 is 0 Å². The van der Waals surface area contributed by atoms with Gasteiger partial charge in [-0.2, -0.15) is 5.26 Å². The molecule has 3 rings (SSSR count). The van der Waals surface area contributed by atoms with Crippen LogP contribution in [0.15, 0.2) is 0 Å². The average molecular weight is 288 g/mol. The molecule has 0 N–H and O–H groups in total. The fraction of sp³-hybridized carbons (Fsp3) is 0.824. The summed E-state index contributed by atoms with van der Waals surface area (Å²) in [5.74, 6) is 0.448. The van der Waals surface area contributed by atoms with E-state index in [-0.39, 0.29) is 11.8 Å². The van der Waals surface area contributed by atoms with Gasteiger partial charge in [0.2, 0.25) is 11.8 Å². The van der Waals surface area contributed by atoms with Gasteiger partial charge in [0.1, 0.15) is 5.54 Å². The third-order valence-electron chi connectivity index (χ3n) is 5.94. The zero-order chi connectivity index (χ0) is 15.1. The number of amides is 2. The van der Waals surface area contributed by atoms with E-state index in [0.717, 1.165) is 44.9 Å². The molecule has 4 heteroatoms. The molecule has 0 radical (unpaired) electrons. The number of carbonyl (C=O) groups excluding carboxylic acids is 2. The summed E-state index contributed by atoms with van der Waals surface area (Å²) in [5.41, 5.74) is -1.33. The SMILES string of the molecule is CC1CCC(C#N)(N2C(=O)CC3(CCCCC3)C2=O)CC1. The Morgan fingerprint density at radius 1 is 1.10 bits per heavy atom. The molecule has 0 aromatic carbocycles. The van der Waals surface area contributed by atoms with Crippen LogP contribution in [0, 0.1) is 22.7 Å². The third-order valence-corrected chi connectivity index (χ3v) is 5.94. The van der Waals surface area contributed by atoms with Crippen molar-refractivity contribution < 1.29 is 9.59 Å². The molecule has 1 aliphatic heterocycles. The van der Waals surface area contributed by atoms with Crippen LogP contribution in [0.2, 0.25) is 0 Å². The number of likely N-dealkylation sites (tertiary alicyclic amines) is 1. The molecule has 2 amide bonds. The second-order valence-corrected chi connectivity index (χ2v) is 7.38. The number of imide groups is 1. The minimum Gasteiger partial charge on any atom is -0.274 e. The van der Waals surface area contributed by atoms with Gasteiger partial charge in [-0.15, -0.1) is 0 Å². The molecule has 21 heavy (non-hydrogen) atoms. The van der Waals surface area contributed by atoms with Crippen LogP contribution in [0.1, 0.15) is 71.1 Å². The smallest absolute Gasteiger partial charge is 0.237 e. The van der Waals surface area contributed by atoms with Crippen molar-refractivity contribution in [3.05, 3.63) is 0 Å². The highest BCUT2D eigenvalue weighted by Crippen LogP contribution is 2.49. The molecule has 4 nitrogen and oxygen atoms in total. The summed E-state index contributed by atoms with van der Waals surface area (Å²) in [4.78, 5) is 26.9. The number of nitrogens with zero attached hydrogens (tertiary/aromatic N) is 2. The van der Waals surface area contributed by atoms with Crippen molar-refractivity contribution >= 4 is 11.8 Å². The minimum atomic E-state index is -0.860. The molecule has 1 saturated heterocycles. The topological polar surface area (TPSA) is 61.2 Å². The largest absolute Gasteiger partial charge is 0.274 e. The summed E-state index contributed by atoms with van der Waals surface area (Å²) in [6.45, 7) is 2.18. The van der Waals surface area contributed by atoms with Gasteiger partial charge in [0.25, 0.3) is 0 Å². The van der Waals surface area contributed by atoms with E-state index in [1.54, 1.807) is 0 Å². The quantitative estimate of drug-likeness (QED) is 0.696. The van der Waals surface area contributed by atoms with E-state index in [2.05, 4.69) is 13.0 Å². The van der Waals surface area contributed by atoms with Gasteiger partial charge in [0.15, 0.2) is 0 Å². The first-order chi connectivity index (χ1) is 10.0. The summed E-state index contributed by atoms with van der Waals surface area (Å²) in [6.07, 6.45) is 8.37. The first-order valence-corrected chi connectivity index (χ1v) is 8.32. The highest BCUT2D eigenvalue weighted by Gasteiger charge is 2.58. The van der Waals surface area contributed by atoms with E-state index >= 15 is 0 Å². The lowest BCUT2D eigenvalue weighted by atomic mass is 9.72. The van der Waals surface area contributed by atoms with Crippen LogP contribution in [0.3, 0.4) is 0 Å². The summed E-state index contributed by atoms with van der Waals surface area (Å²) in [5, 5.41) is 9.71. The number of carbonyl (C=O) groups is 2. The van der Waals surface area contributed by atoms with Crippen molar-refractivity contribution in [3.8, 4) is 6.07 Å². The second-order valence-electron chi connectivity index (χ2n) is 7.38. The van der Waals surface area contributed by atoms with Gasteiger partial charge in [-0.3, -0.25) is 14.5 Å². The van der Waals surface area contributed by atoms with E-state index in [1.807, 2.05) is 0 Å². The molecule has 2 saturated carbocycles. The Balaban J connectivity index is 1.89. The van der Waals surface area contributed by atoms with Crippen molar-refractivity contribution in [1.82, 2.24) is 4.90 Å². The molecular weight excluding hydrogens is 264 g/mol. The normalized spacial score (nSPS) is 36.0. The molecule has 2 aliphatic carbocycles. The standard InChI is InChI=1S/C17H24N2O2/c1-13-5-9-17(12-18,10-6-13)19-14(20)11-16(15(19)21)7-3-2-4-8-16/h13H,2-11H2,1H3. The van der Waals surface area contributed by atoms with Crippen LogP contribution < -0.4 is 0 Å². The average Bonchev–Trinajstić information content (AvgIpc) is 2.73.